The van der Waals surface area contributed by atoms with Gasteiger partial charge in [-0.15, -0.1) is 0 Å². The van der Waals surface area contributed by atoms with Gasteiger partial charge >= 0.3 is 5.97 Å². The van der Waals surface area contributed by atoms with E-state index in [1.165, 1.54) is 0 Å². The van der Waals surface area contributed by atoms with Crippen molar-refractivity contribution in [1.29, 1.82) is 0 Å². The largest absolute Gasteiger partial charge is 0.454 e. The zero-order valence-electron chi connectivity index (χ0n) is 14.7. The molecule has 0 N–H and O–H groups in total. The number of halogens is 2. The molecule has 27 heavy (non-hydrogen) atoms. The number of ketones is 1. The number of aryl methyl sites for hydroxylation is 1. The van der Waals surface area contributed by atoms with Gasteiger partial charge in [0, 0.05) is 5.56 Å². The maximum absolute atomic E-state index is 13.2. The van der Waals surface area contributed by atoms with Crippen LogP contribution < -0.4 is 0 Å². The van der Waals surface area contributed by atoms with Crippen LogP contribution in [0.4, 0.5) is 8.78 Å². The van der Waals surface area contributed by atoms with Crippen LogP contribution in [0, 0.1) is 25.5 Å². The molecule has 1 aromatic heterocycles. The number of carbonyl (C=O) groups excluding carboxylic acids is 2. The number of rotatable bonds is 5. The molecule has 0 spiro atoms. The second kappa shape index (κ2) is 7.49. The summed E-state index contributed by atoms with van der Waals surface area (Å²) in [5, 5.41) is 4.35. The fourth-order valence-corrected chi connectivity index (χ4v) is 2.71. The Morgan fingerprint density at radius 1 is 1.04 bits per heavy atom. The van der Waals surface area contributed by atoms with Gasteiger partial charge in [-0.1, -0.05) is 18.2 Å². The molecule has 0 aliphatic rings. The maximum Gasteiger partial charge on any atom is 0.342 e. The molecule has 0 atom stereocenters. The van der Waals surface area contributed by atoms with Crippen LogP contribution >= 0.6 is 0 Å². The number of esters is 1. The summed E-state index contributed by atoms with van der Waals surface area (Å²) >= 11 is 0. The predicted octanol–water partition coefficient (Wildman–Crippen LogP) is 3.81. The van der Waals surface area contributed by atoms with Crippen molar-refractivity contribution in [3.8, 4) is 5.69 Å². The van der Waals surface area contributed by atoms with Crippen molar-refractivity contribution in [2.45, 2.75) is 13.8 Å². The first-order valence-electron chi connectivity index (χ1n) is 8.15. The number of aromatic nitrogens is 2. The van der Waals surface area contributed by atoms with Crippen LogP contribution in [0.3, 0.4) is 0 Å². The third-order valence-corrected chi connectivity index (χ3v) is 4.07. The lowest BCUT2D eigenvalue weighted by molar-refractivity contribution is 0.0473. The lowest BCUT2D eigenvalue weighted by atomic mass is 10.1. The van der Waals surface area contributed by atoms with Crippen molar-refractivity contribution in [2.75, 3.05) is 6.61 Å². The molecule has 7 heteroatoms. The fraction of sp³-hybridized carbons (Fsp3) is 0.150. The summed E-state index contributed by atoms with van der Waals surface area (Å²) in [4.78, 5) is 24.5. The lowest BCUT2D eigenvalue weighted by Gasteiger charge is -2.06. The Morgan fingerprint density at radius 3 is 2.41 bits per heavy atom. The van der Waals surface area contributed by atoms with E-state index in [1.807, 2.05) is 30.3 Å². The SMILES string of the molecule is Cc1nn(-c2ccccc2)c(C)c1C(=O)OCC(=O)c1ccc(F)c(F)c1. The lowest BCUT2D eigenvalue weighted by Crippen LogP contribution is -2.15. The number of hydrogen-bond donors (Lipinski definition) is 0. The van der Waals surface area contributed by atoms with E-state index in [4.69, 9.17) is 4.74 Å². The van der Waals surface area contributed by atoms with E-state index in [0.717, 1.165) is 23.9 Å². The molecule has 0 unspecified atom stereocenters. The minimum Gasteiger partial charge on any atom is -0.454 e. The van der Waals surface area contributed by atoms with E-state index in [1.54, 1.807) is 18.5 Å². The monoisotopic (exact) mass is 370 g/mol. The fourth-order valence-electron chi connectivity index (χ4n) is 2.71. The summed E-state index contributed by atoms with van der Waals surface area (Å²) < 4.78 is 32.9. The molecule has 3 rings (SSSR count). The van der Waals surface area contributed by atoms with Gasteiger partial charge in [0.05, 0.1) is 17.1 Å². The van der Waals surface area contributed by atoms with Gasteiger partial charge in [0.1, 0.15) is 5.56 Å². The first kappa shape index (κ1) is 18.4. The standard InChI is InChI=1S/C20H16F2N2O3/c1-12-19(13(2)24(23-12)15-6-4-3-5-7-15)20(26)27-11-18(25)14-8-9-16(21)17(22)10-14/h3-10H,11H2,1-2H3. The molecule has 0 aliphatic heterocycles. The number of carbonyl (C=O) groups is 2. The Bertz CT molecular complexity index is 1010. The van der Waals surface area contributed by atoms with Gasteiger partial charge in [0.15, 0.2) is 24.0 Å². The van der Waals surface area contributed by atoms with Crippen molar-refractivity contribution in [1.82, 2.24) is 9.78 Å². The Balaban J connectivity index is 1.76. The van der Waals surface area contributed by atoms with Gasteiger partial charge in [-0.2, -0.15) is 5.10 Å². The minimum atomic E-state index is -1.14. The average molecular weight is 370 g/mol. The summed E-state index contributed by atoms with van der Waals surface area (Å²) in [5.41, 5.74) is 2.01. The average Bonchev–Trinajstić information content (AvgIpc) is 2.96. The van der Waals surface area contributed by atoms with E-state index >= 15 is 0 Å². The van der Waals surface area contributed by atoms with Crippen molar-refractivity contribution in [2.24, 2.45) is 0 Å². The van der Waals surface area contributed by atoms with Crippen molar-refractivity contribution < 1.29 is 23.1 Å². The Morgan fingerprint density at radius 2 is 1.74 bits per heavy atom. The van der Waals surface area contributed by atoms with E-state index in [9.17, 15) is 18.4 Å². The van der Waals surface area contributed by atoms with E-state index in [-0.39, 0.29) is 11.1 Å². The van der Waals surface area contributed by atoms with Crippen LogP contribution in [0.15, 0.2) is 48.5 Å². The first-order chi connectivity index (χ1) is 12.9. The summed E-state index contributed by atoms with van der Waals surface area (Å²) in [6.45, 7) is 2.81. The molecule has 2 aromatic carbocycles. The van der Waals surface area contributed by atoms with Crippen molar-refractivity contribution in [3.63, 3.8) is 0 Å². The Hall–Kier alpha value is -3.35. The highest BCUT2D eigenvalue weighted by Crippen LogP contribution is 2.19. The summed E-state index contributed by atoms with van der Waals surface area (Å²) in [6.07, 6.45) is 0. The zero-order chi connectivity index (χ0) is 19.6. The maximum atomic E-state index is 13.2. The van der Waals surface area contributed by atoms with Crippen molar-refractivity contribution in [3.05, 3.63) is 82.7 Å². The molecule has 0 bridgehead atoms. The van der Waals surface area contributed by atoms with Gasteiger partial charge in [-0.3, -0.25) is 4.79 Å². The Kier molecular flexibility index (Phi) is 5.12. The summed E-state index contributed by atoms with van der Waals surface area (Å²) in [5.74, 6) is -3.53. The van der Waals surface area contributed by atoms with Gasteiger partial charge in [0.2, 0.25) is 0 Å². The summed E-state index contributed by atoms with van der Waals surface area (Å²) in [7, 11) is 0. The highest BCUT2D eigenvalue weighted by Gasteiger charge is 2.22. The molecule has 0 amide bonds. The molecular formula is C20H16F2N2O3. The molecule has 3 aromatic rings. The van der Waals surface area contributed by atoms with Crippen LogP contribution in [-0.2, 0) is 4.74 Å². The van der Waals surface area contributed by atoms with Gasteiger partial charge in [-0.05, 0) is 44.2 Å². The van der Waals surface area contributed by atoms with Crippen LogP contribution in [0.2, 0.25) is 0 Å². The molecule has 1 heterocycles. The van der Waals surface area contributed by atoms with Crippen molar-refractivity contribution >= 4 is 11.8 Å². The van der Waals surface area contributed by atoms with E-state index in [2.05, 4.69) is 5.10 Å². The van der Waals surface area contributed by atoms with E-state index in [0.29, 0.717) is 11.4 Å². The quantitative estimate of drug-likeness (QED) is 0.506. The van der Waals surface area contributed by atoms with Gasteiger partial charge < -0.3 is 4.74 Å². The molecule has 0 radical (unpaired) electrons. The molecule has 0 saturated heterocycles. The third kappa shape index (κ3) is 3.76. The smallest absolute Gasteiger partial charge is 0.342 e. The molecule has 138 valence electrons. The second-order valence-corrected chi connectivity index (χ2v) is 5.92. The number of para-hydroxylation sites is 1. The highest BCUT2D eigenvalue weighted by molar-refractivity contribution is 5.99. The number of benzene rings is 2. The van der Waals surface area contributed by atoms with Crippen LogP contribution in [0.5, 0.6) is 0 Å². The van der Waals surface area contributed by atoms with E-state index < -0.39 is 30.0 Å². The molecule has 0 saturated carbocycles. The van der Waals surface area contributed by atoms with Gasteiger partial charge in [-0.25, -0.2) is 18.3 Å². The number of nitrogens with zero attached hydrogens (tertiary/aromatic N) is 2. The Labute approximate surface area is 154 Å². The van der Waals surface area contributed by atoms with Gasteiger partial charge in [0.25, 0.3) is 0 Å². The first-order valence-corrected chi connectivity index (χ1v) is 8.15. The topological polar surface area (TPSA) is 61.2 Å². The van der Waals surface area contributed by atoms with Crippen LogP contribution in [-0.4, -0.2) is 28.1 Å². The summed E-state index contributed by atoms with van der Waals surface area (Å²) in [6, 6.07) is 12.0. The second-order valence-electron chi connectivity index (χ2n) is 5.92. The number of Topliss-reactive ketones (excluding diaryl/α,β-unsaturated/α-hetero) is 1. The normalized spacial score (nSPS) is 10.7. The van der Waals surface area contributed by atoms with Crippen LogP contribution in [0.1, 0.15) is 32.1 Å². The zero-order valence-corrected chi connectivity index (χ0v) is 14.7. The van der Waals surface area contributed by atoms with Crippen LogP contribution in [0.25, 0.3) is 5.69 Å². The number of ether oxygens (including phenoxy) is 1. The molecule has 0 aliphatic carbocycles. The number of hydrogen-bond acceptors (Lipinski definition) is 4. The predicted molar refractivity (Wildman–Crippen MR) is 94.0 cm³/mol. The highest BCUT2D eigenvalue weighted by atomic mass is 19.2. The minimum absolute atomic E-state index is 0.0740. The third-order valence-electron chi connectivity index (χ3n) is 4.07. The molecule has 0 fully saturated rings. The molecule has 5 nitrogen and oxygen atoms in total. The molecular weight excluding hydrogens is 354 g/mol.